The lowest BCUT2D eigenvalue weighted by atomic mass is 9.90. The number of carbonyl (C=O) groups is 1. The Morgan fingerprint density at radius 3 is 2.76 bits per heavy atom. The number of anilines is 1. The number of benzene rings is 1. The highest BCUT2D eigenvalue weighted by Crippen LogP contribution is 2.34. The van der Waals surface area contributed by atoms with Crippen LogP contribution in [0.15, 0.2) is 24.3 Å². The molecule has 25 heavy (non-hydrogen) atoms. The molecule has 1 unspecified atom stereocenters. The predicted octanol–water partition coefficient (Wildman–Crippen LogP) is 2.71. The second kappa shape index (κ2) is 6.57. The topological polar surface area (TPSA) is 62.5 Å². The number of thiazole rings is 1. The molecule has 2 aliphatic heterocycles. The summed E-state index contributed by atoms with van der Waals surface area (Å²) >= 11 is 1.75. The van der Waals surface area contributed by atoms with Crippen LogP contribution in [0.1, 0.15) is 26.2 Å². The van der Waals surface area contributed by atoms with Gasteiger partial charge in [-0.3, -0.25) is 4.79 Å². The maximum Gasteiger partial charge on any atom is 0.225 e. The van der Waals surface area contributed by atoms with Crippen molar-refractivity contribution in [3.8, 4) is 0 Å². The molecule has 1 amide bonds. The van der Waals surface area contributed by atoms with Gasteiger partial charge in [0.15, 0.2) is 5.13 Å². The van der Waals surface area contributed by atoms with Crippen LogP contribution >= 0.6 is 11.3 Å². The largest absolute Gasteiger partial charge is 0.348 e. The van der Waals surface area contributed by atoms with Gasteiger partial charge >= 0.3 is 0 Å². The highest BCUT2D eigenvalue weighted by Gasteiger charge is 2.38. The van der Waals surface area contributed by atoms with E-state index in [1.165, 1.54) is 4.70 Å². The Labute approximate surface area is 152 Å². The monoisotopic (exact) mass is 358 g/mol. The zero-order valence-corrected chi connectivity index (χ0v) is 15.6. The Morgan fingerprint density at radius 1 is 1.32 bits per heavy atom. The van der Waals surface area contributed by atoms with E-state index in [1.54, 1.807) is 11.3 Å². The highest BCUT2D eigenvalue weighted by atomic mass is 32.1. The van der Waals surface area contributed by atoms with Crippen LogP contribution in [-0.2, 0) is 4.79 Å². The fourth-order valence-corrected chi connectivity index (χ4v) is 4.97. The third-order valence-electron chi connectivity index (χ3n) is 5.76. The fraction of sp³-hybridized carbons (Fsp3) is 0.579. The number of nitrogens with zero attached hydrogens (tertiary/aromatic N) is 3. The number of aromatic nitrogens is 1. The first-order valence-electron chi connectivity index (χ1n) is 9.17. The third-order valence-corrected chi connectivity index (χ3v) is 6.86. The fourth-order valence-electron chi connectivity index (χ4n) is 3.95. The first-order valence-corrected chi connectivity index (χ1v) is 9.99. The Hall–Kier alpha value is -1.66. The lowest BCUT2D eigenvalue weighted by Gasteiger charge is -2.33. The van der Waals surface area contributed by atoms with E-state index in [9.17, 15) is 4.79 Å². The zero-order chi connectivity index (χ0) is 17.4. The lowest BCUT2D eigenvalue weighted by molar-refractivity contribution is -0.135. The third kappa shape index (κ3) is 3.25. The van der Waals surface area contributed by atoms with Crippen LogP contribution in [0, 0.1) is 11.3 Å². The standard InChI is InChI=1S/C19H26N4OS/c1-19(12-20)8-11-23(13-19)17(24)14-6-9-22(10-7-14)18-21-15-4-2-3-5-16(15)25-18/h2-5,14H,6-13,20H2,1H3. The molecule has 0 saturated carbocycles. The van der Waals surface area contributed by atoms with Gasteiger partial charge in [0.2, 0.25) is 5.91 Å². The molecule has 1 aromatic carbocycles. The van der Waals surface area contributed by atoms with E-state index < -0.39 is 0 Å². The van der Waals surface area contributed by atoms with Crippen LogP contribution in [0.2, 0.25) is 0 Å². The molecule has 0 spiro atoms. The number of carbonyl (C=O) groups excluding carboxylic acids is 1. The van der Waals surface area contributed by atoms with Gasteiger partial charge in [-0.05, 0) is 43.4 Å². The number of fused-ring (bicyclic) bond motifs is 1. The number of para-hydroxylation sites is 1. The number of hydrogen-bond acceptors (Lipinski definition) is 5. The number of likely N-dealkylation sites (tertiary alicyclic amines) is 1. The van der Waals surface area contributed by atoms with Gasteiger partial charge in [0.1, 0.15) is 0 Å². The summed E-state index contributed by atoms with van der Waals surface area (Å²) in [6.45, 7) is 6.37. The van der Waals surface area contributed by atoms with Crippen LogP contribution in [0.3, 0.4) is 0 Å². The van der Waals surface area contributed by atoms with Crippen LogP contribution < -0.4 is 10.6 Å². The Kier molecular flexibility index (Phi) is 4.41. The molecular weight excluding hydrogens is 332 g/mol. The summed E-state index contributed by atoms with van der Waals surface area (Å²) in [6.07, 6.45) is 2.87. The van der Waals surface area contributed by atoms with Crippen molar-refractivity contribution < 1.29 is 4.79 Å². The first kappa shape index (κ1) is 16.8. The van der Waals surface area contributed by atoms with Crippen molar-refractivity contribution in [1.29, 1.82) is 0 Å². The Balaban J connectivity index is 1.37. The normalized spacial score (nSPS) is 25.0. The second-order valence-corrected chi connectivity index (χ2v) is 8.76. The number of amides is 1. The van der Waals surface area contributed by atoms with Crippen molar-refractivity contribution >= 4 is 32.6 Å². The van der Waals surface area contributed by atoms with Crippen LogP contribution in [0.5, 0.6) is 0 Å². The average molecular weight is 359 g/mol. The Morgan fingerprint density at radius 2 is 2.08 bits per heavy atom. The maximum absolute atomic E-state index is 12.8. The molecule has 0 aliphatic carbocycles. The van der Waals surface area contributed by atoms with E-state index >= 15 is 0 Å². The molecule has 1 atom stereocenters. The molecule has 3 heterocycles. The molecule has 5 nitrogen and oxygen atoms in total. The van der Waals surface area contributed by atoms with Gasteiger partial charge in [0.25, 0.3) is 0 Å². The van der Waals surface area contributed by atoms with Gasteiger partial charge in [0, 0.05) is 32.1 Å². The van der Waals surface area contributed by atoms with Gasteiger partial charge < -0.3 is 15.5 Å². The molecular formula is C19H26N4OS. The summed E-state index contributed by atoms with van der Waals surface area (Å²) in [5, 5.41) is 1.09. The number of piperidine rings is 1. The molecule has 2 aliphatic rings. The quantitative estimate of drug-likeness (QED) is 0.916. The summed E-state index contributed by atoms with van der Waals surface area (Å²) in [4.78, 5) is 22.0. The molecule has 0 bridgehead atoms. The van der Waals surface area contributed by atoms with Gasteiger partial charge in [-0.1, -0.05) is 30.4 Å². The summed E-state index contributed by atoms with van der Waals surface area (Å²) in [5.74, 6) is 0.492. The minimum Gasteiger partial charge on any atom is -0.348 e. The summed E-state index contributed by atoms with van der Waals surface area (Å²) in [6, 6.07) is 8.27. The SMILES string of the molecule is CC1(CN)CCN(C(=O)C2CCN(c3nc4ccccc4s3)CC2)C1. The van der Waals surface area contributed by atoms with Crippen molar-refractivity contribution in [3.05, 3.63) is 24.3 Å². The van der Waals surface area contributed by atoms with E-state index in [0.717, 1.165) is 56.1 Å². The van der Waals surface area contributed by atoms with Gasteiger partial charge in [0.05, 0.1) is 10.2 Å². The van der Waals surface area contributed by atoms with Crippen molar-refractivity contribution in [1.82, 2.24) is 9.88 Å². The van der Waals surface area contributed by atoms with Crippen molar-refractivity contribution in [2.45, 2.75) is 26.2 Å². The van der Waals surface area contributed by atoms with Gasteiger partial charge in [-0.25, -0.2) is 4.98 Å². The molecule has 2 N–H and O–H groups in total. The van der Waals surface area contributed by atoms with E-state index in [4.69, 9.17) is 10.7 Å². The minimum atomic E-state index is 0.108. The van der Waals surface area contributed by atoms with E-state index in [2.05, 4.69) is 30.0 Å². The van der Waals surface area contributed by atoms with Crippen LogP contribution in [0.4, 0.5) is 5.13 Å². The van der Waals surface area contributed by atoms with Gasteiger partial charge in [-0.15, -0.1) is 0 Å². The summed E-state index contributed by atoms with van der Waals surface area (Å²) in [7, 11) is 0. The predicted molar refractivity (Wildman–Crippen MR) is 103 cm³/mol. The smallest absolute Gasteiger partial charge is 0.225 e. The van der Waals surface area contributed by atoms with Crippen LogP contribution in [0.25, 0.3) is 10.2 Å². The van der Waals surface area contributed by atoms with E-state index in [0.29, 0.717) is 12.5 Å². The Bertz CT molecular complexity index is 735. The molecule has 134 valence electrons. The van der Waals surface area contributed by atoms with Gasteiger partial charge in [-0.2, -0.15) is 0 Å². The number of hydrogen-bond donors (Lipinski definition) is 1. The molecule has 1 aromatic heterocycles. The van der Waals surface area contributed by atoms with Crippen LogP contribution in [-0.4, -0.2) is 48.5 Å². The highest BCUT2D eigenvalue weighted by molar-refractivity contribution is 7.22. The minimum absolute atomic E-state index is 0.108. The lowest BCUT2D eigenvalue weighted by Crippen LogP contribution is -2.43. The molecule has 2 fully saturated rings. The summed E-state index contributed by atoms with van der Waals surface area (Å²) in [5.41, 5.74) is 7.05. The second-order valence-electron chi connectivity index (χ2n) is 7.75. The number of rotatable bonds is 3. The molecule has 2 aromatic rings. The van der Waals surface area contributed by atoms with Crippen molar-refractivity contribution in [2.75, 3.05) is 37.6 Å². The summed E-state index contributed by atoms with van der Waals surface area (Å²) < 4.78 is 1.23. The van der Waals surface area contributed by atoms with Crippen molar-refractivity contribution in [2.24, 2.45) is 17.1 Å². The maximum atomic E-state index is 12.8. The average Bonchev–Trinajstić information content (AvgIpc) is 3.25. The van der Waals surface area contributed by atoms with E-state index in [1.807, 2.05) is 11.0 Å². The van der Waals surface area contributed by atoms with E-state index in [-0.39, 0.29) is 11.3 Å². The molecule has 2 saturated heterocycles. The molecule has 0 radical (unpaired) electrons. The first-order chi connectivity index (χ1) is 12.1. The molecule has 4 rings (SSSR count). The zero-order valence-electron chi connectivity index (χ0n) is 14.8. The number of nitrogens with two attached hydrogens (primary N) is 1. The molecule has 6 heteroatoms. The van der Waals surface area contributed by atoms with Crippen molar-refractivity contribution in [3.63, 3.8) is 0 Å².